The lowest BCUT2D eigenvalue weighted by molar-refractivity contribution is 0.225. The number of halogens is 2. The van der Waals surface area contributed by atoms with Crippen LogP contribution in [0.2, 0.25) is 0 Å². The summed E-state index contributed by atoms with van der Waals surface area (Å²) in [5.74, 6) is -0.139. The highest BCUT2D eigenvalue weighted by Crippen LogP contribution is 2.20. The van der Waals surface area contributed by atoms with Gasteiger partial charge in [0.15, 0.2) is 0 Å². The predicted octanol–water partition coefficient (Wildman–Crippen LogP) is 3.49. The van der Waals surface area contributed by atoms with Crippen LogP contribution in [-0.4, -0.2) is 22.8 Å². The van der Waals surface area contributed by atoms with E-state index < -0.39 is 0 Å². The van der Waals surface area contributed by atoms with Crippen LogP contribution < -0.4 is 0 Å². The van der Waals surface area contributed by atoms with Crippen LogP contribution in [0.1, 0.15) is 24.0 Å². The van der Waals surface area contributed by atoms with Gasteiger partial charge in [-0.25, -0.2) is 4.39 Å². The lowest BCUT2D eigenvalue weighted by atomic mass is 10.1. The summed E-state index contributed by atoms with van der Waals surface area (Å²) in [6.45, 7) is 5.20. The smallest absolute Gasteiger partial charge is 0.123 e. The first-order valence-corrected chi connectivity index (χ1v) is 6.68. The molecule has 0 unspecified atom stereocenters. The van der Waals surface area contributed by atoms with Crippen molar-refractivity contribution in [2.45, 2.75) is 31.1 Å². The monoisotopic (exact) mass is 285 g/mol. The Hall–Kier alpha value is -0.410. The second-order valence-electron chi connectivity index (χ2n) is 4.52. The molecule has 0 bridgehead atoms. The van der Waals surface area contributed by atoms with Gasteiger partial charge < -0.3 is 0 Å². The third kappa shape index (κ3) is 3.05. The molecule has 0 radical (unpaired) electrons. The number of aryl methyl sites for hydroxylation is 1. The van der Waals surface area contributed by atoms with E-state index in [4.69, 9.17) is 0 Å². The molecule has 0 N–H and O–H groups in total. The van der Waals surface area contributed by atoms with Crippen molar-refractivity contribution in [3.05, 3.63) is 35.1 Å². The number of alkyl halides is 1. The third-order valence-corrected chi connectivity index (χ3v) is 4.13. The molecule has 0 spiro atoms. The quantitative estimate of drug-likeness (QED) is 0.752. The van der Waals surface area contributed by atoms with E-state index in [2.05, 4.69) is 20.8 Å². The van der Waals surface area contributed by atoms with Crippen molar-refractivity contribution in [1.82, 2.24) is 4.90 Å². The fourth-order valence-electron chi connectivity index (χ4n) is 2.14. The zero-order valence-electron chi connectivity index (χ0n) is 9.55. The summed E-state index contributed by atoms with van der Waals surface area (Å²) in [4.78, 5) is 3.12. The zero-order chi connectivity index (χ0) is 11.5. The summed E-state index contributed by atoms with van der Waals surface area (Å²) < 4.78 is 13.0. The maximum absolute atomic E-state index is 13.0. The summed E-state index contributed by atoms with van der Waals surface area (Å²) in [7, 11) is 0. The average Bonchev–Trinajstić information content (AvgIpc) is 2.25. The molecule has 3 heteroatoms. The molecule has 1 aliphatic rings. The summed E-state index contributed by atoms with van der Waals surface area (Å²) >= 11 is 3.65. The molecule has 1 aromatic carbocycles. The SMILES string of the molecule is Cc1cc(F)ccc1CN1CCC(Br)CC1. The molecule has 0 aromatic heterocycles. The van der Waals surface area contributed by atoms with E-state index in [0.29, 0.717) is 4.83 Å². The van der Waals surface area contributed by atoms with Crippen molar-refractivity contribution < 1.29 is 4.39 Å². The zero-order valence-corrected chi connectivity index (χ0v) is 11.1. The maximum atomic E-state index is 13.0. The van der Waals surface area contributed by atoms with E-state index in [1.807, 2.05) is 13.0 Å². The molecule has 16 heavy (non-hydrogen) atoms. The van der Waals surface area contributed by atoms with Crippen LogP contribution in [-0.2, 0) is 6.54 Å². The highest BCUT2D eigenvalue weighted by Gasteiger charge is 2.17. The first-order chi connectivity index (χ1) is 7.65. The molecule has 0 aliphatic carbocycles. The largest absolute Gasteiger partial charge is 0.299 e. The Labute approximate surface area is 105 Å². The van der Waals surface area contributed by atoms with Gasteiger partial charge in [-0.3, -0.25) is 4.90 Å². The van der Waals surface area contributed by atoms with Crippen molar-refractivity contribution in [3.8, 4) is 0 Å². The third-order valence-electron chi connectivity index (χ3n) is 3.22. The molecule has 1 saturated heterocycles. The number of benzene rings is 1. The minimum atomic E-state index is -0.139. The molecule has 1 nitrogen and oxygen atoms in total. The van der Waals surface area contributed by atoms with E-state index in [-0.39, 0.29) is 5.82 Å². The van der Waals surface area contributed by atoms with Gasteiger partial charge in [0.2, 0.25) is 0 Å². The van der Waals surface area contributed by atoms with Crippen LogP contribution in [0.3, 0.4) is 0 Å². The number of rotatable bonds is 2. The minimum absolute atomic E-state index is 0.139. The van der Waals surface area contributed by atoms with E-state index in [1.165, 1.54) is 18.4 Å². The molecule has 2 rings (SSSR count). The van der Waals surface area contributed by atoms with Crippen LogP contribution in [0.4, 0.5) is 4.39 Å². The van der Waals surface area contributed by atoms with Crippen molar-refractivity contribution in [1.29, 1.82) is 0 Å². The van der Waals surface area contributed by atoms with Gasteiger partial charge in [0.05, 0.1) is 0 Å². The molecule has 0 amide bonds. The minimum Gasteiger partial charge on any atom is -0.299 e. The van der Waals surface area contributed by atoms with Gasteiger partial charge in [0.25, 0.3) is 0 Å². The second kappa shape index (κ2) is 5.28. The molecule has 1 heterocycles. The molecular weight excluding hydrogens is 269 g/mol. The van der Waals surface area contributed by atoms with Crippen molar-refractivity contribution in [3.63, 3.8) is 0 Å². The first kappa shape index (κ1) is 12.1. The van der Waals surface area contributed by atoms with Crippen LogP contribution in [0.25, 0.3) is 0 Å². The summed E-state index contributed by atoms with van der Waals surface area (Å²) in [6, 6.07) is 5.08. The van der Waals surface area contributed by atoms with Crippen molar-refractivity contribution in [2.75, 3.05) is 13.1 Å². The lowest BCUT2D eigenvalue weighted by Gasteiger charge is -2.29. The van der Waals surface area contributed by atoms with Crippen LogP contribution in [0.5, 0.6) is 0 Å². The van der Waals surface area contributed by atoms with Crippen LogP contribution in [0, 0.1) is 12.7 Å². The van der Waals surface area contributed by atoms with Crippen LogP contribution in [0.15, 0.2) is 18.2 Å². The molecule has 1 aromatic rings. The van der Waals surface area contributed by atoms with Crippen LogP contribution >= 0.6 is 15.9 Å². The van der Waals surface area contributed by atoms with E-state index in [1.54, 1.807) is 12.1 Å². The summed E-state index contributed by atoms with van der Waals surface area (Å²) in [5, 5.41) is 0. The Bertz CT molecular complexity index is 359. The molecular formula is C13H17BrFN. The van der Waals surface area contributed by atoms with Gasteiger partial charge in [-0.2, -0.15) is 0 Å². The Morgan fingerprint density at radius 3 is 2.69 bits per heavy atom. The fourth-order valence-corrected chi connectivity index (χ4v) is 2.55. The number of likely N-dealkylation sites (tertiary alicyclic amines) is 1. The van der Waals surface area contributed by atoms with Gasteiger partial charge in [0.1, 0.15) is 5.82 Å². The van der Waals surface area contributed by atoms with Gasteiger partial charge in [-0.15, -0.1) is 0 Å². The fraction of sp³-hybridized carbons (Fsp3) is 0.538. The Morgan fingerprint density at radius 2 is 2.06 bits per heavy atom. The Balaban J connectivity index is 1.98. The number of nitrogens with zero attached hydrogens (tertiary/aromatic N) is 1. The number of hydrogen-bond acceptors (Lipinski definition) is 1. The predicted molar refractivity (Wildman–Crippen MR) is 68.4 cm³/mol. The lowest BCUT2D eigenvalue weighted by Crippen LogP contribution is -2.33. The average molecular weight is 286 g/mol. The molecule has 0 saturated carbocycles. The normalized spacial score (nSPS) is 18.9. The van der Waals surface area contributed by atoms with Gasteiger partial charge in [-0.1, -0.05) is 22.0 Å². The van der Waals surface area contributed by atoms with E-state index in [9.17, 15) is 4.39 Å². The number of hydrogen-bond donors (Lipinski definition) is 0. The van der Waals surface area contributed by atoms with Crippen molar-refractivity contribution in [2.24, 2.45) is 0 Å². The number of piperidine rings is 1. The van der Waals surface area contributed by atoms with Gasteiger partial charge in [-0.05, 0) is 56.1 Å². The van der Waals surface area contributed by atoms with Gasteiger partial charge >= 0.3 is 0 Å². The first-order valence-electron chi connectivity index (χ1n) is 5.76. The molecule has 0 atom stereocenters. The molecule has 1 aliphatic heterocycles. The maximum Gasteiger partial charge on any atom is 0.123 e. The topological polar surface area (TPSA) is 3.24 Å². The molecule has 1 fully saturated rings. The molecule has 88 valence electrons. The Kier molecular flexibility index (Phi) is 3.98. The van der Waals surface area contributed by atoms with E-state index >= 15 is 0 Å². The highest BCUT2D eigenvalue weighted by atomic mass is 79.9. The summed E-state index contributed by atoms with van der Waals surface area (Å²) in [6.07, 6.45) is 2.42. The van der Waals surface area contributed by atoms with Crippen molar-refractivity contribution >= 4 is 15.9 Å². The van der Waals surface area contributed by atoms with Gasteiger partial charge in [0, 0.05) is 11.4 Å². The van der Waals surface area contributed by atoms with E-state index in [0.717, 1.165) is 25.2 Å². The highest BCUT2D eigenvalue weighted by molar-refractivity contribution is 9.09. The summed E-state index contributed by atoms with van der Waals surface area (Å²) in [5.41, 5.74) is 2.30. The Morgan fingerprint density at radius 1 is 1.38 bits per heavy atom. The standard InChI is InChI=1S/C13H17BrFN/c1-10-8-13(15)3-2-11(10)9-16-6-4-12(14)5-7-16/h2-3,8,12H,4-7,9H2,1H3. The second-order valence-corrected chi connectivity index (χ2v) is 5.82.